The van der Waals surface area contributed by atoms with Crippen molar-refractivity contribution < 1.29 is 0 Å². The molecule has 0 aliphatic rings. The van der Waals surface area contributed by atoms with E-state index in [1.54, 1.807) is 0 Å². The van der Waals surface area contributed by atoms with Crippen LogP contribution in [0, 0.1) is 5.92 Å². The van der Waals surface area contributed by atoms with Crippen molar-refractivity contribution in [1.82, 2.24) is 0 Å². The van der Waals surface area contributed by atoms with Gasteiger partial charge in [-0.1, -0.05) is 69.8 Å². The Morgan fingerprint density at radius 1 is 0.952 bits per heavy atom. The van der Waals surface area contributed by atoms with Gasteiger partial charge in [-0.3, -0.25) is 0 Å². The van der Waals surface area contributed by atoms with Gasteiger partial charge in [0.25, 0.3) is 0 Å². The van der Waals surface area contributed by atoms with Crippen molar-refractivity contribution >= 4 is 5.69 Å². The van der Waals surface area contributed by atoms with Gasteiger partial charge in [0, 0.05) is 17.3 Å². The first-order chi connectivity index (χ1) is 10.1. The van der Waals surface area contributed by atoms with Crippen molar-refractivity contribution in [3.8, 4) is 0 Å². The van der Waals surface area contributed by atoms with E-state index in [0.717, 1.165) is 17.8 Å². The highest BCUT2D eigenvalue weighted by molar-refractivity contribution is 5.49. The molecule has 0 amide bonds. The van der Waals surface area contributed by atoms with E-state index in [2.05, 4.69) is 69.1 Å². The average Bonchev–Trinajstić information content (AvgIpc) is 2.47. The Kier molecular flexibility index (Phi) is 5.21. The van der Waals surface area contributed by atoms with Crippen LogP contribution in [0.15, 0.2) is 66.9 Å². The lowest BCUT2D eigenvalue weighted by molar-refractivity contribution is 0.647. The van der Waals surface area contributed by atoms with Crippen molar-refractivity contribution in [2.24, 2.45) is 5.92 Å². The zero-order valence-electron chi connectivity index (χ0n) is 13.3. The molecule has 0 bridgehead atoms. The normalized spacial score (nSPS) is 12.2. The second-order valence-corrected chi connectivity index (χ2v) is 6.08. The number of nitrogens with one attached hydrogen (secondary N) is 1. The Bertz CT molecular complexity index is 567. The van der Waals surface area contributed by atoms with Crippen LogP contribution in [0.4, 0.5) is 5.69 Å². The summed E-state index contributed by atoms with van der Waals surface area (Å²) in [5, 5.41) is 3.39. The lowest BCUT2D eigenvalue weighted by Gasteiger charge is -2.18. The Morgan fingerprint density at radius 2 is 1.57 bits per heavy atom. The molecule has 2 rings (SSSR count). The number of hydrogen-bond donors (Lipinski definition) is 1. The summed E-state index contributed by atoms with van der Waals surface area (Å²) >= 11 is 0. The molecule has 0 aliphatic carbocycles. The number of hydrogen-bond acceptors (Lipinski definition) is 1. The van der Waals surface area contributed by atoms with E-state index < -0.39 is 0 Å². The largest absolute Gasteiger partial charge is 0.359 e. The third kappa shape index (κ3) is 4.49. The second kappa shape index (κ2) is 7.12. The number of benzene rings is 2. The van der Waals surface area contributed by atoms with Crippen LogP contribution in [-0.2, 0) is 6.42 Å². The van der Waals surface area contributed by atoms with E-state index >= 15 is 0 Å². The SMILES string of the molecule is C=C(Nc1ccccc1)C(C)c1ccc(CC(C)C)cc1. The predicted molar refractivity (Wildman–Crippen MR) is 92.6 cm³/mol. The molecular weight excluding hydrogens is 254 g/mol. The van der Waals surface area contributed by atoms with Crippen molar-refractivity contribution in [1.29, 1.82) is 0 Å². The van der Waals surface area contributed by atoms with Crippen LogP contribution in [0.25, 0.3) is 0 Å². The molecule has 0 saturated carbocycles. The molecule has 0 aromatic heterocycles. The smallest absolute Gasteiger partial charge is 0.0381 e. The zero-order chi connectivity index (χ0) is 15.2. The van der Waals surface area contributed by atoms with Gasteiger partial charge in [0.15, 0.2) is 0 Å². The molecule has 0 saturated heterocycles. The van der Waals surface area contributed by atoms with Crippen LogP contribution in [0.3, 0.4) is 0 Å². The molecule has 1 unspecified atom stereocenters. The molecule has 2 aromatic rings. The number of para-hydroxylation sites is 1. The summed E-state index contributed by atoms with van der Waals surface area (Å²) in [5.41, 5.74) is 4.82. The molecule has 1 atom stereocenters. The second-order valence-electron chi connectivity index (χ2n) is 6.08. The quantitative estimate of drug-likeness (QED) is 0.724. The molecule has 0 heterocycles. The summed E-state index contributed by atoms with van der Waals surface area (Å²) in [7, 11) is 0. The van der Waals surface area contributed by atoms with E-state index in [-0.39, 0.29) is 0 Å². The number of anilines is 1. The third-order valence-corrected chi connectivity index (χ3v) is 3.73. The zero-order valence-corrected chi connectivity index (χ0v) is 13.3. The molecule has 2 aromatic carbocycles. The van der Waals surface area contributed by atoms with E-state index in [1.807, 2.05) is 18.2 Å². The number of allylic oxidation sites excluding steroid dienone is 1. The van der Waals surface area contributed by atoms with E-state index in [0.29, 0.717) is 11.8 Å². The van der Waals surface area contributed by atoms with Gasteiger partial charge in [-0.15, -0.1) is 0 Å². The van der Waals surface area contributed by atoms with E-state index in [9.17, 15) is 0 Å². The first-order valence-electron chi connectivity index (χ1n) is 7.66. The molecule has 0 spiro atoms. The molecular formula is C20H25N. The molecule has 0 fully saturated rings. The van der Waals surface area contributed by atoms with Crippen LogP contribution in [0.2, 0.25) is 0 Å². The van der Waals surface area contributed by atoms with E-state index in [4.69, 9.17) is 0 Å². The Morgan fingerprint density at radius 3 is 2.14 bits per heavy atom. The van der Waals surface area contributed by atoms with Crippen LogP contribution < -0.4 is 5.32 Å². The van der Waals surface area contributed by atoms with Gasteiger partial charge in [0.05, 0.1) is 0 Å². The maximum atomic E-state index is 4.19. The summed E-state index contributed by atoms with van der Waals surface area (Å²) in [6, 6.07) is 19.1. The highest BCUT2D eigenvalue weighted by atomic mass is 14.9. The fraction of sp³-hybridized carbons (Fsp3) is 0.300. The van der Waals surface area contributed by atoms with Gasteiger partial charge < -0.3 is 5.32 Å². The van der Waals surface area contributed by atoms with Crippen molar-refractivity contribution in [3.05, 3.63) is 78.0 Å². The van der Waals surface area contributed by atoms with Crippen LogP contribution in [0.1, 0.15) is 37.8 Å². The fourth-order valence-corrected chi connectivity index (χ4v) is 2.43. The highest BCUT2D eigenvalue weighted by Gasteiger charge is 2.10. The molecule has 0 radical (unpaired) electrons. The standard InChI is InChI=1S/C20H25N/c1-15(2)14-18-10-12-19(13-11-18)16(3)17(4)21-20-8-6-5-7-9-20/h5-13,15-16,21H,4,14H2,1-3H3. The topological polar surface area (TPSA) is 12.0 Å². The summed E-state index contributed by atoms with van der Waals surface area (Å²) in [6.07, 6.45) is 1.14. The molecule has 1 N–H and O–H groups in total. The van der Waals surface area contributed by atoms with Crippen molar-refractivity contribution in [3.63, 3.8) is 0 Å². The first kappa shape index (κ1) is 15.4. The molecule has 1 nitrogen and oxygen atoms in total. The number of rotatable bonds is 6. The van der Waals surface area contributed by atoms with Crippen molar-refractivity contribution in [2.45, 2.75) is 33.1 Å². The van der Waals surface area contributed by atoms with Crippen LogP contribution in [0.5, 0.6) is 0 Å². The minimum absolute atomic E-state index is 0.290. The maximum absolute atomic E-state index is 4.19. The summed E-state index contributed by atoms with van der Waals surface area (Å²) in [4.78, 5) is 0. The predicted octanol–water partition coefficient (Wildman–Crippen LogP) is 5.61. The van der Waals surface area contributed by atoms with Gasteiger partial charge in [-0.05, 0) is 35.6 Å². The Hall–Kier alpha value is -2.02. The Labute approximate surface area is 128 Å². The Balaban J connectivity index is 2.02. The summed E-state index contributed by atoms with van der Waals surface area (Å²) < 4.78 is 0. The molecule has 110 valence electrons. The van der Waals surface area contributed by atoms with Gasteiger partial charge in [-0.2, -0.15) is 0 Å². The molecule has 1 heteroatoms. The highest BCUT2D eigenvalue weighted by Crippen LogP contribution is 2.24. The lowest BCUT2D eigenvalue weighted by atomic mass is 9.95. The van der Waals surface area contributed by atoms with Crippen LogP contribution >= 0.6 is 0 Å². The average molecular weight is 279 g/mol. The third-order valence-electron chi connectivity index (χ3n) is 3.73. The van der Waals surface area contributed by atoms with Gasteiger partial charge in [0.1, 0.15) is 0 Å². The fourth-order valence-electron chi connectivity index (χ4n) is 2.43. The molecule has 21 heavy (non-hydrogen) atoms. The van der Waals surface area contributed by atoms with Gasteiger partial charge >= 0.3 is 0 Å². The maximum Gasteiger partial charge on any atom is 0.0381 e. The van der Waals surface area contributed by atoms with E-state index in [1.165, 1.54) is 11.1 Å². The summed E-state index contributed by atoms with van der Waals surface area (Å²) in [6.45, 7) is 10.9. The van der Waals surface area contributed by atoms with Crippen LogP contribution in [-0.4, -0.2) is 0 Å². The summed E-state index contributed by atoms with van der Waals surface area (Å²) in [5.74, 6) is 0.987. The lowest BCUT2D eigenvalue weighted by Crippen LogP contribution is -2.06. The monoisotopic (exact) mass is 279 g/mol. The van der Waals surface area contributed by atoms with Gasteiger partial charge in [0.2, 0.25) is 0 Å². The first-order valence-corrected chi connectivity index (χ1v) is 7.66. The van der Waals surface area contributed by atoms with Gasteiger partial charge in [-0.25, -0.2) is 0 Å². The molecule has 0 aliphatic heterocycles. The minimum atomic E-state index is 0.290. The minimum Gasteiger partial charge on any atom is -0.359 e. The van der Waals surface area contributed by atoms with Crippen molar-refractivity contribution in [2.75, 3.05) is 5.32 Å².